The summed E-state index contributed by atoms with van der Waals surface area (Å²) >= 11 is 11.9. The molecule has 0 radical (unpaired) electrons. The second-order valence-electron chi connectivity index (χ2n) is 5.44. The molecule has 1 aliphatic heterocycles. The normalized spacial score (nSPS) is 19.6. The Kier molecular flexibility index (Phi) is 4.49. The van der Waals surface area contributed by atoms with Gasteiger partial charge in [-0.3, -0.25) is 0 Å². The van der Waals surface area contributed by atoms with Gasteiger partial charge < -0.3 is 5.11 Å². The first-order valence-electron chi connectivity index (χ1n) is 7.02. The summed E-state index contributed by atoms with van der Waals surface area (Å²) in [4.78, 5) is 3.95. The molecule has 4 nitrogen and oxygen atoms in total. The summed E-state index contributed by atoms with van der Waals surface area (Å²) in [6.07, 6.45) is -1.68. The van der Waals surface area contributed by atoms with Crippen LogP contribution in [0.2, 0.25) is 10.0 Å². The van der Waals surface area contributed by atoms with Crippen LogP contribution in [0, 0.1) is 0 Å². The highest BCUT2D eigenvalue weighted by atomic mass is 35.5. The Morgan fingerprint density at radius 3 is 2.32 bits per heavy atom. The highest BCUT2D eigenvalue weighted by Crippen LogP contribution is 2.39. The third-order valence-electron chi connectivity index (χ3n) is 3.71. The number of nitrogens with zero attached hydrogens (tertiary/aromatic N) is 3. The lowest BCUT2D eigenvalue weighted by atomic mass is 10.1. The van der Waals surface area contributed by atoms with Gasteiger partial charge in [0.05, 0.1) is 15.6 Å². The molecule has 0 bridgehead atoms. The summed E-state index contributed by atoms with van der Waals surface area (Å²) < 4.78 is 38.5. The van der Waals surface area contributed by atoms with Crippen LogP contribution in [0.4, 0.5) is 18.9 Å². The number of phenols is 1. The lowest BCUT2D eigenvalue weighted by Crippen LogP contribution is -2.39. The van der Waals surface area contributed by atoms with Gasteiger partial charge in [-0.1, -0.05) is 40.4 Å². The predicted molar refractivity (Wildman–Crippen MR) is 92.1 cm³/mol. The SMILES string of the molecule is Oc1c(Cl)cc([N+]2(Cc3cccc(C(F)(F)F)c3)C=NC=N2)cc1Cl. The fourth-order valence-corrected chi connectivity index (χ4v) is 2.97. The Morgan fingerprint density at radius 1 is 1.08 bits per heavy atom. The molecule has 1 aliphatic rings. The average Bonchev–Trinajstić information content (AvgIpc) is 3.01. The largest absolute Gasteiger partial charge is 0.505 e. The predicted octanol–water partition coefficient (Wildman–Crippen LogP) is 5.21. The molecule has 0 fully saturated rings. The minimum absolute atomic E-state index is 0.0135. The fourth-order valence-electron chi connectivity index (χ4n) is 2.50. The molecular weight excluding hydrogens is 378 g/mol. The fraction of sp³-hybridized carbons (Fsp3) is 0.125. The van der Waals surface area contributed by atoms with Crippen molar-refractivity contribution < 1.29 is 18.3 Å². The van der Waals surface area contributed by atoms with Crippen LogP contribution in [0.25, 0.3) is 0 Å². The van der Waals surface area contributed by atoms with Crippen molar-refractivity contribution in [2.24, 2.45) is 10.1 Å². The van der Waals surface area contributed by atoms with E-state index in [1.807, 2.05) is 0 Å². The third kappa shape index (κ3) is 3.49. The minimum Gasteiger partial charge on any atom is -0.505 e. The van der Waals surface area contributed by atoms with E-state index < -0.39 is 11.7 Å². The first-order valence-corrected chi connectivity index (χ1v) is 7.78. The average molecular weight is 389 g/mol. The minimum atomic E-state index is -4.44. The van der Waals surface area contributed by atoms with Crippen molar-refractivity contribution in [1.82, 2.24) is 4.59 Å². The van der Waals surface area contributed by atoms with E-state index in [2.05, 4.69) is 10.1 Å². The summed E-state index contributed by atoms with van der Waals surface area (Å²) in [6.45, 7) is 0.0708. The molecule has 0 saturated carbocycles. The maximum atomic E-state index is 12.9. The van der Waals surface area contributed by atoms with Gasteiger partial charge in [-0.2, -0.15) is 18.2 Å². The van der Waals surface area contributed by atoms with Gasteiger partial charge in [0.15, 0.2) is 17.8 Å². The summed E-state index contributed by atoms with van der Waals surface area (Å²) in [7, 11) is 0. The number of benzene rings is 2. The van der Waals surface area contributed by atoms with Crippen molar-refractivity contribution in [1.29, 1.82) is 0 Å². The summed E-state index contributed by atoms with van der Waals surface area (Å²) in [6, 6.07) is 7.87. The Morgan fingerprint density at radius 2 is 1.76 bits per heavy atom. The number of rotatable bonds is 3. The number of aliphatic imine (C=N–C) groups is 1. The molecular formula is C16H11Cl2F3N3O+. The van der Waals surface area contributed by atoms with Crippen LogP contribution in [0.5, 0.6) is 5.75 Å². The van der Waals surface area contributed by atoms with E-state index in [0.717, 1.165) is 12.1 Å². The zero-order valence-electron chi connectivity index (χ0n) is 12.5. The molecule has 0 aliphatic carbocycles. The van der Waals surface area contributed by atoms with Gasteiger partial charge in [-0.25, -0.2) is 0 Å². The molecule has 9 heteroatoms. The highest BCUT2D eigenvalue weighted by molar-refractivity contribution is 6.37. The van der Waals surface area contributed by atoms with Crippen molar-refractivity contribution in [3.8, 4) is 5.75 Å². The lowest BCUT2D eigenvalue weighted by molar-refractivity contribution is -0.137. The summed E-state index contributed by atoms with van der Waals surface area (Å²) in [5, 5.41) is 14.0. The van der Waals surface area contributed by atoms with Gasteiger partial charge in [-0.15, -0.1) is 4.59 Å². The van der Waals surface area contributed by atoms with E-state index in [1.54, 1.807) is 6.07 Å². The van der Waals surface area contributed by atoms with Gasteiger partial charge in [0.25, 0.3) is 0 Å². The number of halogens is 5. The quantitative estimate of drug-likeness (QED) is 0.720. The number of phenolic OH excluding ortho intramolecular Hbond substituents is 1. The van der Waals surface area contributed by atoms with Crippen molar-refractivity contribution in [2.45, 2.75) is 12.7 Å². The summed E-state index contributed by atoms with van der Waals surface area (Å²) in [5.41, 5.74) is 0.119. The number of alkyl halides is 3. The molecule has 1 atom stereocenters. The smallest absolute Gasteiger partial charge is 0.416 e. The van der Waals surface area contributed by atoms with E-state index >= 15 is 0 Å². The topological polar surface area (TPSA) is 45.0 Å². The van der Waals surface area contributed by atoms with Crippen LogP contribution >= 0.6 is 23.2 Å². The first kappa shape index (κ1) is 17.7. The van der Waals surface area contributed by atoms with Crippen molar-refractivity contribution in [3.05, 3.63) is 57.6 Å². The number of hydrogen-bond acceptors (Lipinski definition) is 3. The lowest BCUT2D eigenvalue weighted by Gasteiger charge is -2.25. The van der Waals surface area contributed by atoms with Gasteiger partial charge >= 0.3 is 6.18 Å². The Hall–Kier alpha value is -2.09. The molecule has 0 saturated heterocycles. The molecule has 0 amide bonds. The second-order valence-corrected chi connectivity index (χ2v) is 6.25. The second kappa shape index (κ2) is 6.33. The van der Waals surface area contributed by atoms with Crippen LogP contribution in [0.1, 0.15) is 11.1 Å². The van der Waals surface area contributed by atoms with Gasteiger partial charge in [0.1, 0.15) is 6.54 Å². The van der Waals surface area contributed by atoms with E-state index in [-0.39, 0.29) is 26.9 Å². The van der Waals surface area contributed by atoms with E-state index in [0.29, 0.717) is 11.3 Å². The molecule has 0 aromatic heterocycles. The molecule has 1 unspecified atom stereocenters. The third-order valence-corrected chi connectivity index (χ3v) is 4.28. The standard InChI is InChI=1S/C16H10Cl2F3N3O/c17-13-5-12(6-14(18)15(13)25)24(9-22-8-23-24)7-10-2-1-3-11(4-10)16(19,20)21/h1-6,8-9H,7H2/p+1. The molecule has 1 N–H and O–H groups in total. The molecule has 3 rings (SSSR count). The zero-order valence-corrected chi connectivity index (χ0v) is 14.0. The highest BCUT2D eigenvalue weighted by Gasteiger charge is 2.36. The maximum Gasteiger partial charge on any atom is 0.416 e. The Balaban J connectivity index is 2.04. The number of hydrogen-bond donors (Lipinski definition) is 1. The molecule has 2 aromatic carbocycles. The zero-order chi connectivity index (χ0) is 18.2. The maximum absolute atomic E-state index is 12.9. The van der Waals surface area contributed by atoms with Gasteiger partial charge in [0, 0.05) is 17.7 Å². The molecule has 130 valence electrons. The van der Waals surface area contributed by atoms with Crippen molar-refractivity contribution in [3.63, 3.8) is 0 Å². The van der Waals surface area contributed by atoms with Crippen LogP contribution in [0.3, 0.4) is 0 Å². The molecule has 25 heavy (non-hydrogen) atoms. The molecule has 2 aromatic rings. The van der Waals surface area contributed by atoms with E-state index in [1.165, 1.54) is 30.9 Å². The Labute approximate surface area is 151 Å². The van der Waals surface area contributed by atoms with Crippen LogP contribution in [0.15, 0.2) is 46.5 Å². The van der Waals surface area contributed by atoms with Crippen molar-refractivity contribution >= 4 is 41.6 Å². The van der Waals surface area contributed by atoms with E-state index in [9.17, 15) is 18.3 Å². The van der Waals surface area contributed by atoms with Gasteiger partial charge in [0.2, 0.25) is 6.34 Å². The Bertz CT molecular complexity index is 846. The molecule has 0 spiro atoms. The van der Waals surface area contributed by atoms with Crippen LogP contribution in [-0.4, -0.2) is 17.8 Å². The van der Waals surface area contributed by atoms with Crippen LogP contribution in [-0.2, 0) is 12.7 Å². The first-order chi connectivity index (χ1) is 11.7. The van der Waals surface area contributed by atoms with Crippen LogP contribution < -0.4 is 4.59 Å². The van der Waals surface area contributed by atoms with Crippen molar-refractivity contribution in [2.75, 3.05) is 0 Å². The number of aromatic hydroxyl groups is 1. The summed E-state index contributed by atoms with van der Waals surface area (Å²) in [5.74, 6) is -0.274. The van der Waals surface area contributed by atoms with Gasteiger partial charge in [-0.05, 0) is 12.1 Å². The van der Waals surface area contributed by atoms with E-state index in [4.69, 9.17) is 23.2 Å². The molecule has 1 heterocycles. The number of quaternary nitrogens is 1. The monoisotopic (exact) mass is 388 g/mol.